The first kappa shape index (κ1) is 24.6. The maximum Gasteiger partial charge on any atom is 0.268 e. The van der Waals surface area contributed by atoms with Gasteiger partial charge < -0.3 is 9.15 Å². The molecule has 0 aliphatic carbocycles. The lowest BCUT2D eigenvalue weighted by molar-refractivity contribution is -0.112. The molecule has 2 heterocycles. The zero-order valence-corrected chi connectivity index (χ0v) is 20.9. The molecule has 10 heteroatoms. The molecule has 176 valence electrons. The van der Waals surface area contributed by atoms with Gasteiger partial charge in [-0.3, -0.25) is 10.1 Å². The molecule has 0 bridgehead atoms. The molecular formula is C25H20N4O3S3. The SMILES string of the molecule is N#C/C(=C/c1ccc(SCc2ccccc2)o1)C(=O)Nc1nnc(SCCOc2ccccc2)s1. The van der Waals surface area contributed by atoms with E-state index in [1.807, 2.05) is 72.8 Å². The molecule has 0 spiro atoms. The Morgan fingerprint density at radius 2 is 1.83 bits per heavy atom. The Balaban J connectivity index is 1.26. The number of nitrogens with zero attached hydrogens (tertiary/aromatic N) is 3. The first-order valence-electron chi connectivity index (χ1n) is 10.5. The number of para-hydroxylation sites is 1. The standard InChI is InChI=1S/C25H20N4O3S3/c26-16-19(15-21-11-12-22(32-21)34-17-18-7-3-1-4-8-18)23(30)27-24-28-29-25(35-24)33-14-13-31-20-9-5-2-6-10-20/h1-12,15H,13-14,17H2,(H,27,28,30)/b19-15-. The van der Waals surface area contributed by atoms with Gasteiger partial charge in [-0.1, -0.05) is 83.4 Å². The van der Waals surface area contributed by atoms with Gasteiger partial charge in [-0.25, -0.2) is 0 Å². The third kappa shape index (κ3) is 7.75. The van der Waals surface area contributed by atoms with Crippen LogP contribution in [0.25, 0.3) is 6.08 Å². The van der Waals surface area contributed by atoms with Crippen molar-refractivity contribution in [1.82, 2.24) is 10.2 Å². The lowest BCUT2D eigenvalue weighted by Crippen LogP contribution is -2.13. The highest BCUT2D eigenvalue weighted by Crippen LogP contribution is 2.27. The number of hydrogen-bond donors (Lipinski definition) is 1. The lowest BCUT2D eigenvalue weighted by Gasteiger charge is -2.03. The highest BCUT2D eigenvalue weighted by molar-refractivity contribution is 8.01. The summed E-state index contributed by atoms with van der Waals surface area (Å²) in [5, 5.41) is 21.2. The molecule has 0 aliphatic rings. The van der Waals surface area contributed by atoms with Crippen LogP contribution < -0.4 is 10.1 Å². The molecule has 7 nitrogen and oxygen atoms in total. The molecule has 0 unspecified atom stereocenters. The van der Waals surface area contributed by atoms with E-state index in [9.17, 15) is 10.1 Å². The Labute approximate surface area is 215 Å². The predicted octanol–water partition coefficient (Wildman–Crippen LogP) is 6.14. The van der Waals surface area contributed by atoms with Crippen LogP contribution in [0.5, 0.6) is 5.75 Å². The van der Waals surface area contributed by atoms with E-state index in [2.05, 4.69) is 15.5 Å². The van der Waals surface area contributed by atoms with Crippen LogP contribution in [0.15, 0.2) is 92.2 Å². The first-order valence-corrected chi connectivity index (χ1v) is 13.3. The monoisotopic (exact) mass is 520 g/mol. The summed E-state index contributed by atoms with van der Waals surface area (Å²) in [6, 6.07) is 25.1. The Bertz CT molecular complexity index is 1310. The quantitative estimate of drug-likeness (QED) is 0.0827. The van der Waals surface area contributed by atoms with Crippen LogP contribution in [-0.2, 0) is 10.5 Å². The maximum atomic E-state index is 12.6. The average Bonchev–Trinajstić information content (AvgIpc) is 3.54. The van der Waals surface area contributed by atoms with E-state index >= 15 is 0 Å². The van der Waals surface area contributed by atoms with Gasteiger partial charge in [0.05, 0.1) is 6.61 Å². The number of rotatable bonds is 11. The fourth-order valence-electron chi connectivity index (χ4n) is 2.80. The largest absolute Gasteiger partial charge is 0.493 e. The van der Waals surface area contributed by atoms with Crippen molar-refractivity contribution in [3.8, 4) is 11.8 Å². The number of hydrogen-bond acceptors (Lipinski definition) is 9. The van der Waals surface area contributed by atoms with Crippen LogP contribution in [0.4, 0.5) is 5.13 Å². The summed E-state index contributed by atoms with van der Waals surface area (Å²) in [4.78, 5) is 12.6. The molecule has 0 saturated carbocycles. The molecule has 4 aromatic rings. The summed E-state index contributed by atoms with van der Waals surface area (Å²) in [6.45, 7) is 0.520. The van der Waals surface area contributed by atoms with Gasteiger partial charge in [-0.2, -0.15) is 5.26 Å². The van der Waals surface area contributed by atoms with E-state index in [-0.39, 0.29) is 5.57 Å². The van der Waals surface area contributed by atoms with E-state index in [0.29, 0.717) is 32.7 Å². The van der Waals surface area contributed by atoms with Crippen LogP contribution >= 0.6 is 34.9 Å². The van der Waals surface area contributed by atoms with Crippen molar-refractivity contribution in [1.29, 1.82) is 5.26 Å². The molecule has 0 atom stereocenters. The second kappa shape index (κ2) is 12.8. The van der Waals surface area contributed by atoms with Crippen molar-refractivity contribution in [2.45, 2.75) is 15.2 Å². The molecule has 0 fully saturated rings. The Morgan fingerprint density at radius 1 is 1.06 bits per heavy atom. The third-order valence-corrected chi connectivity index (χ3v) is 7.34. The van der Waals surface area contributed by atoms with Crippen LogP contribution in [0.3, 0.4) is 0 Å². The van der Waals surface area contributed by atoms with E-state index in [4.69, 9.17) is 9.15 Å². The Kier molecular flexibility index (Phi) is 9.00. The smallest absolute Gasteiger partial charge is 0.268 e. The van der Waals surface area contributed by atoms with Crippen LogP contribution in [-0.4, -0.2) is 28.5 Å². The third-order valence-electron chi connectivity index (χ3n) is 4.43. The summed E-state index contributed by atoms with van der Waals surface area (Å²) in [5.74, 6) is 2.12. The second-order valence-corrected chi connectivity index (χ2v) is 10.2. The van der Waals surface area contributed by atoms with Gasteiger partial charge in [-0.15, -0.1) is 10.2 Å². The maximum absolute atomic E-state index is 12.6. The topological polar surface area (TPSA) is 101 Å². The number of carbonyl (C=O) groups is 1. The molecule has 0 radical (unpaired) electrons. The minimum Gasteiger partial charge on any atom is -0.493 e. The number of thioether (sulfide) groups is 2. The number of anilines is 1. The summed E-state index contributed by atoms with van der Waals surface area (Å²) in [6.07, 6.45) is 1.42. The van der Waals surface area contributed by atoms with Crippen molar-refractivity contribution in [2.75, 3.05) is 17.7 Å². The number of benzene rings is 2. The summed E-state index contributed by atoms with van der Waals surface area (Å²) in [5.41, 5.74) is 1.10. The number of carbonyl (C=O) groups excluding carboxylic acids is 1. The van der Waals surface area contributed by atoms with Gasteiger partial charge in [-0.05, 0) is 29.8 Å². The Hall–Kier alpha value is -3.52. The van der Waals surface area contributed by atoms with E-state index in [1.165, 1.54) is 34.7 Å². The van der Waals surface area contributed by atoms with E-state index in [0.717, 1.165) is 11.5 Å². The van der Waals surface area contributed by atoms with Crippen molar-refractivity contribution < 1.29 is 13.9 Å². The van der Waals surface area contributed by atoms with Crippen molar-refractivity contribution in [3.05, 3.63) is 89.7 Å². The minimum absolute atomic E-state index is 0.0837. The molecule has 35 heavy (non-hydrogen) atoms. The highest BCUT2D eigenvalue weighted by Gasteiger charge is 2.14. The fraction of sp³-hybridized carbons (Fsp3) is 0.120. The number of nitrogens with one attached hydrogen (secondary N) is 1. The molecule has 2 aromatic heterocycles. The second-order valence-electron chi connectivity index (χ2n) is 6.94. The highest BCUT2D eigenvalue weighted by atomic mass is 32.2. The number of aromatic nitrogens is 2. The Morgan fingerprint density at radius 3 is 2.60 bits per heavy atom. The summed E-state index contributed by atoms with van der Waals surface area (Å²) < 4.78 is 12.1. The molecule has 4 rings (SSSR count). The van der Waals surface area contributed by atoms with Crippen LogP contribution in [0, 0.1) is 11.3 Å². The van der Waals surface area contributed by atoms with Crippen molar-refractivity contribution in [3.63, 3.8) is 0 Å². The zero-order valence-electron chi connectivity index (χ0n) is 18.4. The van der Waals surface area contributed by atoms with Gasteiger partial charge in [0, 0.05) is 17.6 Å². The normalized spacial score (nSPS) is 11.1. The predicted molar refractivity (Wildman–Crippen MR) is 140 cm³/mol. The number of furan rings is 1. The number of nitriles is 1. The van der Waals surface area contributed by atoms with E-state index in [1.54, 1.807) is 17.8 Å². The van der Waals surface area contributed by atoms with Crippen LogP contribution in [0.2, 0.25) is 0 Å². The minimum atomic E-state index is -0.567. The zero-order chi connectivity index (χ0) is 24.3. The summed E-state index contributed by atoms with van der Waals surface area (Å²) in [7, 11) is 0. The molecular weight excluding hydrogens is 501 g/mol. The van der Waals surface area contributed by atoms with Gasteiger partial charge >= 0.3 is 0 Å². The number of amides is 1. The molecule has 0 aliphatic heterocycles. The van der Waals surface area contributed by atoms with Crippen molar-refractivity contribution >= 4 is 52.0 Å². The van der Waals surface area contributed by atoms with Gasteiger partial charge in [0.25, 0.3) is 5.91 Å². The van der Waals surface area contributed by atoms with Crippen LogP contribution in [0.1, 0.15) is 11.3 Å². The van der Waals surface area contributed by atoms with E-state index < -0.39 is 5.91 Å². The fourth-order valence-corrected chi connectivity index (χ4v) is 5.25. The lowest BCUT2D eigenvalue weighted by atomic mass is 10.2. The molecule has 1 amide bonds. The average molecular weight is 521 g/mol. The number of ether oxygens (including phenoxy) is 1. The van der Waals surface area contributed by atoms with Gasteiger partial charge in [0.2, 0.25) is 5.13 Å². The van der Waals surface area contributed by atoms with Gasteiger partial charge in [0.1, 0.15) is 23.2 Å². The van der Waals surface area contributed by atoms with Crippen molar-refractivity contribution in [2.24, 2.45) is 0 Å². The molecule has 2 aromatic carbocycles. The molecule has 0 saturated heterocycles. The molecule has 1 N–H and O–H groups in total. The summed E-state index contributed by atoms with van der Waals surface area (Å²) >= 11 is 4.26. The van der Waals surface area contributed by atoms with Gasteiger partial charge in [0.15, 0.2) is 9.43 Å². The first-order chi connectivity index (χ1) is 17.2.